The molecule has 0 bridgehead atoms. The van der Waals surface area contributed by atoms with Crippen molar-refractivity contribution in [3.8, 4) is 0 Å². The lowest BCUT2D eigenvalue weighted by Crippen LogP contribution is -2.40. The topological polar surface area (TPSA) is 44.4 Å². The van der Waals surface area contributed by atoms with E-state index in [9.17, 15) is 4.79 Å². The minimum atomic E-state index is 0.129. The number of hydrogen-bond acceptors (Lipinski definition) is 3. The number of amides is 1. The predicted molar refractivity (Wildman–Crippen MR) is 81.3 cm³/mol. The molecular formula is C16H25N3O. The Kier molecular flexibility index (Phi) is 5.56. The number of carbonyl (C=O) groups excluding carboxylic acids is 1. The van der Waals surface area contributed by atoms with Crippen molar-refractivity contribution in [2.75, 3.05) is 27.2 Å². The number of nitrogens with one attached hydrogen (secondary N) is 2. The molecular weight excluding hydrogens is 250 g/mol. The molecule has 0 unspecified atom stereocenters. The molecule has 4 heteroatoms. The molecule has 2 N–H and O–H groups in total. The van der Waals surface area contributed by atoms with Gasteiger partial charge in [-0.25, -0.2) is 0 Å². The van der Waals surface area contributed by atoms with Crippen molar-refractivity contribution in [2.45, 2.75) is 25.9 Å². The summed E-state index contributed by atoms with van der Waals surface area (Å²) in [6.07, 6.45) is 2.09. The van der Waals surface area contributed by atoms with Crippen molar-refractivity contribution < 1.29 is 4.79 Å². The Balaban J connectivity index is 1.91. The van der Waals surface area contributed by atoms with Gasteiger partial charge in [0.15, 0.2) is 0 Å². The van der Waals surface area contributed by atoms with Gasteiger partial charge < -0.3 is 15.5 Å². The summed E-state index contributed by atoms with van der Waals surface area (Å²) in [5.74, 6) is 0.307. The van der Waals surface area contributed by atoms with Gasteiger partial charge in [0.25, 0.3) is 0 Å². The molecule has 1 aliphatic heterocycles. The first kappa shape index (κ1) is 15.0. The van der Waals surface area contributed by atoms with Crippen LogP contribution in [0, 0.1) is 5.92 Å². The summed E-state index contributed by atoms with van der Waals surface area (Å²) < 4.78 is 0. The zero-order chi connectivity index (χ0) is 14.4. The second-order valence-corrected chi connectivity index (χ2v) is 5.77. The Bertz CT molecular complexity index is 439. The lowest BCUT2D eigenvalue weighted by atomic mass is 9.98. The largest absolute Gasteiger partial charge is 0.352 e. The molecule has 20 heavy (non-hydrogen) atoms. The maximum Gasteiger partial charge on any atom is 0.224 e. The quantitative estimate of drug-likeness (QED) is 0.853. The van der Waals surface area contributed by atoms with Crippen molar-refractivity contribution in [2.24, 2.45) is 5.92 Å². The minimum absolute atomic E-state index is 0.129. The predicted octanol–water partition coefficient (Wildman–Crippen LogP) is 1.36. The van der Waals surface area contributed by atoms with E-state index in [1.807, 2.05) is 6.07 Å². The Labute approximate surface area is 121 Å². The summed E-state index contributed by atoms with van der Waals surface area (Å²) in [5.41, 5.74) is 2.48. The van der Waals surface area contributed by atoms with E-state index in [1.165, 1.54) is 11.1 Å². The monoisotopic (exact) mass is 275 g/mol. The normalized spacial score (nSPS) is 19.1. The van der Waals surface area contributed by atoms with Gasteiger partial charge in [-0.05, 0) is 44.6 Å². The van der Waals surface area contributed by atoms with E-state index < -0.39 is 0 Å². The lowest BCUT2D eigenvalue weighted by molar-refractivity contribution is -0.125. The van der Waals surface area contributed by atoms with Gasteiger partial charge in [-0.15, -0.1) is 0 Å². The molecule has 4 nitrogen and oxygen atoms in total. The third-order valence-electron chi connectivity index (χ3n) is 3.73. The van der Waals surface area contributed by atoms with Gasteiger partial charge in [0.1, 0.15) is 0 Å². The van der Waals surface area contributed by atoms with Crippen molar-refractivity contribution in [3.05, 3.63) is 35.4 Å². The number of benzene rings is 1. The van der Waals surface area contributed by atoms with Gasteiger partial charge in [-0.2, -0.15) is 0 Å². The fourth-order valence-corrected chi connectivity index (χ4v) is 2.63. The average Bonchev–Trinajstić information content (AvgIpc) is 2.46. The van der Waals surface area contributed by atoms with Crippen molar-refractivity contribution in [3.63, 3.8) is 0 Å². The number of rotatable bonds is 5. The molecule has 0 spiro atoms. The summed E-state index contributed by atoms with van der Waals surface area (Å²) in [4.78, 5) is 14.3. The highest BCUT2D eigenvalue weighted by atomic mass is 16.1. The highest BCUT2D eigenvalue weighted by Gasteiger charge is 2.20. The molecule has 1 amide bonds. The summed E-state index contributed by atoms with van der Waals surface area (Å²) in [6, 6.07) is 8.31. The molecule has 2 rings (SSSR count). The summed E-state index contributed by atoms with van der Waals surface area (Å²) in [6.45, 7) is 3.37. The van der Waals surface area contributed by atoms with Crippen LogP contribution in [-0.2, 0) is 17.9 Å². The molecule has 1 aromatic rings. The van der Waals surface area contributed by atoms with E-state index in [4.69, 9.17) is 0 Å². The molecule has 1 aromatic carbocycles. The molecule has 1 aliphatic rings. The molecule has 110 valence electrons. The number of carbonyl (C=O) groups is 1. The molecule has 1 atom stereocenters. The first-order valence-corrected chi connectivity index (χ1v) is 7.37. The fraction of sp³-hybridized carbons (Fsp3) is 0.562. The summed E-state index contributed by atoms with van der Waals surface area (Å²) in [7, 11) is 4.12. The van der Waals surface area contributed by atoms with Gasteiger partial charge in [0, 0.05) is 19.6 Å². The summed E-state index contributed by atoms with van der Waals surface area (Å²) in [5, 5.41) is 6.37. The standard InChI is InChI=1S/C16H25N3O/c1-19(2)12-15-7-4-3-6-13(15)11-18-16(20)14-8-5-9-17-10-14/h3-4,6-7,14,17H,5,8-12H2,1-2H3,(H,18,20)/t14-/m0/s1. The third-order valence-corrected chi connectivity index (χ3v) is 3.73. The van der Waals surface area contributed by atoms with Gasteiger partial charge in [0.2, 0.25) is 5.91 Å². The number of hydrogen-bond donors (Lipinski definition) is 2. The zero-order valence-corrected chi connectivity index (χ0v) is 12.5. The van der Waals surface area contributed by atoms with Gasteiger partial charge in [-0.3, -0.25) is 4.79 Å². The number of nitrogens with zero attached hydrogens (tertiary/aromatic N) is 1. The van der Waals surface area contributed by atoms with Crippen LogP contribution in [-0.4, -0.2) is 38.0 Å². The smallest absolute Gasteiger partial charge is 0.224 e. The first-order chi connectivity index (χ1) is 9.66. The Hall–Kier alpha value is -1.39. The minimum Gasteiger partial charge on any atom is -0.352 e. The molecule has 0 radical (unpaired) electrons. The first-order valence-electron chi connectivity index (χ1n) is 7.37. The molecule has 0 saturated carbocycles. The van der Waals surface area contributed by atoms with Crippen LogP contribution in [0.3, 0.4) is 0 Å². The highest BCUT2D eigenvalue weighted by molar-refractivity contribution is 5.79. The second kappa shape index (κ2) is 7.41. The van der Waals surface area contributed by atoms with E-state index in [2.05, 4.69) is 47.8 Å². The van der Waals surface area contributed by atoms with Crippen LogP contribution < -0.4 is 10.6 Å². The van der Waals surface area contributed by atoms with Crippen LogP contribution in [0.4, 0.5) is 0 Å². The summed E-state index contributed by atoms with van der Waals surface area (Å²) >= 11 is 0. The molecule has 1 saturated heterocycles. The maximum atomic E-state index is 12.1. The molecule has 1 fully saturated rings. The maximum absolute atomic E-state index is 12.1. The van der Waals surface area contributed by atoms with Crippen molar-refractivity contribution in [1.29, 1.82) is 0 Å². The lowest BCUT2D eigenvalue weighted by Gasteiger charge is -2.22. The SMILES string of the molecule is CN(C)Cc1ccccc1CNC(=O)[C@H]1CCCNC1. The van der Waals surface area contributed by atoms with Crippen molar-refractivity contribution >= 4 is 5.91 Å². The van der Waals surface area contributed by atoms with E-state index >= 15 is 0 Å². The zero-order valence-electron chi connectivity index (χ0n) is 12.5. The average molecular weight is 275 g/mol. The van der Waals surface area contributed by atoms with Crippen LogP contribution >= 0.6 is 0 Å². The Morgan fingerprint density at radius 1 is 1.35 bits per heavy atom. The molecule has 0 aromatic heterocycles. The number of piperidine rings is 1. The van der Waals surface area contributed by atoms with E-state index in [1.54, 1.807) is 0 Å². The molecule has 1 heterocycles. The van der Waals surface area contributed by atoms with E-state index in [0.717, 1.165) is 32.5 Å². The fourth-order valence-electron chi connectivity index (χ4n) is 2.63. The Morgan fingerprint density at radius 2 is 2.10 bits per heavy atom. The van der Waals surface area contributed by atoms with Gasteiger partial charge in [0.05, 0.1) is 5.92 Å². The van der Waals surface area contributed by atoms with E-state index in [-0.39, 0.29) is 11.8 Å². The van der Waals surface area contributed by atoms with Crippen molar-refractivity contribution in [1.82, 2.24) is 15.5 Å². The third kappa shape index (κ3) is 4.32. The van der Waals surface area contributed by atoms with Crippen LogP contribution in [0.15, 0.2) is 24.3 Å². The Morgan fingerprint density at radius 3 is 2.75 bits per heavy atom. The van der Waals surface area contributed by atoms with Gasteiger partial charge >= 0.3 is 0 Å². The highest BCUT2D eigenvalue weighted by Crippen LogP contribution is 2.13. The van der Waals surface area contributed by atoms with E-state index in [0.29, 0.717) is 6.54 Å². The van der Waals surface area contributed by atoms with Crippen LogP contribution in [0.5, 0.6) is 0 Å². The second-order valence-electron chi connectivity index (χ2n) is 5.77. The van der Waals surface area contributed by atoms with Crippen LogP contribution in [0.2, 0.25) is 0 Å². The van der Waals surface area contributed by atoms with Gasteiger partial charge in [-0.1, -0.05) is 24.3 Å². The van der Waals surface area contributed by atoms with Crippen LogP contribution in [0.1, 0.15) is 24.0 Å². The molecule has 0 aliphatic carbocycles. The van der Waals surface area contributed by atoms with Crippen LogP contribution in [0.25, 0.3) is 0 Å².